The van der Waals surface area contributed by atoms with E-state index in [4.69, 9.17) is 4.52 Å². The summed E-state index contributed by atoms with van der Waals surface area (Å²) in [7, 11) is -1.94. The Morgan fingerprint density at radius 3 is 2.42 bits per heavy atom. The predicted molar refractivity (Wildman–Crippen MR) is 99.5 cm³/mol. The smallest absolute Gasteiger partial charge is 0.242 e. The summed E-state index contributed by atoms with van der Waals surface area (Å²) in [6.45, 7) is 6.04. The number of nitrogens with one attached hydrogen (secondary N) is 1. The van der Waals surface area contributed by atoms with E-state index in [1.165, 1.54) is 16.4 Å². The number of carbonyl (C=O) groups excluding carboxylic acids is 1. The number of hydrogen-bond acceptors (Lipinski definition) is 5. The first kappa shape index (κ1) is 20.1. The van der Waals surface area contributed by atoms with Crippen molar-refractivity contribution in [3.05, 3.63) is 41.3 Å². The average molecular weight is 379 g/mol. The zero-order chi connectivity index (χ0) is 19.3. The van der Waals surface area contributed by atoms with Gasteiger partial charge in [-0.25, -0.2) is 12.7 Å². The number of amides is 1. The minimum absolute atomic E-state index is 0.154. The minimum Gasteiger partial charge on any atom is -0.361 e. The van der Waals surface area contributed by atoms with Gasteiger partial charge in [-0.1, -0.05) is 18.5 Å². The second kappa shape index (κ2) is 8.46. The van der Waals surface area contributed by atoms with Crippen molar-refractivity contribution >= 4 is 21.6 Å². The monoisotopic (exact) mass is 379 g/mol. The lowest BCUT2D eigenvalue weighted by Gasteiger charge is -2.17. The number of aromatic nitrogens is 1. The third kappa shape index (κ3) is 4.70. The van der Waals surface area contributed by atoms with Crippen LogP contribution >= 0.6 is 0 Å². The Morgan fingerprint density at radius 2 is 1.88 bits per heavy atom. The predicted octanol–water partition coefficient (Wildman–Crippen LogP) is 2.89. The number of unbranched alkanes of at least 4 members (excludes halogenated alkanes) is 1. The van der Waals surface area contributed by atoms with Gasteiger partial charge >= 0.3 is 0 Å². The summed E-state index contributed by atoms with van der Waals surface area (Å²) in [5, 5.41) is 6.59. The standard InChI is InChI=1S/C18H25N3O4S/c1-5-6-11-21(4)26(23,24)16-9-7-15(8-10-16)19-18(22)12-17-13(2)20-25-14(17)3/h7-10H,5-6,11-12H2,1-4H3,(H,19,22). The fourth-order valence-corrected chi connectivity index (χ4v) is 3.72. The van der Waals surface area contributed by atoms with E-state index in [0.29, 0.717) is 23.7 Å². The van der Waals surface area contributed by atoms with Gasteiger partial charge in [0.25, 0.3) is 0 Å². The van der Waals surface area contributed by atoms with E-state index in [2.05, 4.69) is 10.5 Å². The Balaban J connectivity index is 2.04. The van der Waals surface area contributed by atoms with Gasteiger partial charge in [0.05, 0.1) is 17.0 Å². The molecule has 1 N–H and O–H groups in total. The van der Waals surface area contributed by atoms with Gasteiger partial charge in [0, 0.05) is 24.8 Å². The summed E-state index contributed by atoms with van der Waals surface area (Å²) in [6.07, 6.45) is 1.89. The highest BCUT2D eigenvalue weighted by Crippen LogP contribution is 2.19. The molecule has 7 nitrogen and oxygen atoms in total. The van der Waals surface area contributed by atoms with Gasteiger partial charge in [-0.3, -0.25) is 4.79 Å². The Hall–Kier alpha value is -2.19. The molecule has 1 aromatic carbocycles. The lowest BCUT2D eigenvalue weighted by Crippen LogP contribution is -2.27. The van der Waals surface area contributed by atoms with Crippen LogP contribution in [0.3, 0.4) is 0 Å². The molecule has 0 aliphatic rings. The average Bonchev–Trinajstić information content (AvgIpc) is 2.92. The molecule has 1 heterocycles. The van der Waals surface area contributed by atoms with Crippen LogP contribution in [-0.4, -0.2) is 37.4 Å². The number of aryl methyl sites for hydroxylation is 2. The van der Waals surface area contributed by atoms with Crippen molar-refractivity contribution in [2.24, 2.45) is 0 Å². The van der Waals surface area contributed by atoms with E-state index in [1.807, 2.05) is 6.92 Å². The number of rotatable bonds is 8. The van der Waals surface area contributed by atoms with Crippen molar-refractivity contribution < 1.29 is 17.7 Å². The van der Waals surface area contributed by atoms with Gasteiger partial charge in [0.15, 0.2) is 0 Å². The normalized spacial score (nSPS) is 11.7. The highest BCUT2D eigenvalue weighted by Gasteiger charge is 2.20. The summed E-state index contributed by atoms with van der Waals surface area (Å²) in [6, 6.07) is 6.18. The molecule has 0 saturated heterocycles. The Bertz CT molecular complexity index is 838. The second-order valence-corrected chi connectivity index (χ2v) is 8.28. The molecule has 0 radical (unpaired) electrons. The number of hydrogen-bond donors (Lipinski definition) is 1. The number of anilines is 1. The number of benzene rings is 1. The van der Waals surface area contributed by atoms with Gasteiger partial charge in [0.2, 0.25) is 15.9 Å². The largest absolute Gasteiger partial charge is 0.361 e. The van der Waals surface area contributed by atoms with E-state index in [-0.39, 0.29) is 17.2 Å². The first-order valence-corrected chi connectivity index (χ1v) is 9.97. The van der Waals surface area contributed by atoms with Crippen LogP contribution in [0.4, 0.5) is 5.69 Å². The van der Waals surface area contributed by atoms with Crippen molar-refractivity contribution in [1.29, 1.82) is 0 Å². The fourth-order valence-electron chi connectivity index (χ4n) is 2.51. The molecule has 0 unspecified atom stereocenters. The van der Waals surface area contributed by atoms with Crippen molar-refractivity contribution in [1.82, 2.24) is 9.46 Å². The van der Waals surface area contributed by atoms with Gasteiger partial charge < -0.3 is 9.84 Å². The molecule has 1 amide bonds. The fraction of sp³-hybridized carbons (Fsp3) is 0.444. The maximum Gasteiger partial charge on any atom is 0.242 e. The van der Waals surface area contributed by atoms with Gasteiger partial charge in [-0.05, 0) is 44.5 Å². The van der Waals surface area contributed by atoms with Crippen LogP contribution in [0.5, 0.6) is 0 Å². The maximum atomic E-state index is 12.5. The molecule has 0 aliphatic carbocycles. The molecule has 0 bridgehead atoms. The maximum absolute atomic E-state index is 12.5. The molecule has 2 aromatic rings. The molecule has 0 fully saturated rings. The number of carbonyl (C=O) groups is 1. The van der Waals surface area contributed by atoms with Crippen LogP contribution in [0, 0.1) is 13.8 Å². The highest BCUT2D eigenvalue weighted by atomic mass is 32.2. The van der Waals surface area contributed by atoms with Crippen molar-refractivity contribution in [2.75, 3.05) is 18.9 Å². The van der Waals surface area contributed by atoms with Gasteiger partial charge in [-0.15, -0.1) is 0 Å². The molecular formula is C18H25N3O4S. The number of nitrogens with zero attached hydrogens (tertiary/aromatic N) is 2. The second-order valence-electron chi connectivity index (χ2n) is 6.23. The summed E-state index contributed by atoms with van der Waals surface area (Å²) >= 11 is 0. The first-order valence-electron chi connectivity index (χ1n) is 8.53. The summed E-state index contributed by atoms with van der Waals surface area (Å²) in [5.41, 5.74) is 1.99. The first-order chi connectivity index (χ1) is 12.3. The van der Waals surface area contributed by atoms with E-state index in [1.54, 1.807) is 33.0 Å². The van der Waals surface area contributed by atoms with Crippen molar-refractivity contribution in [3.63, 3.8) is 0 Å². The molecule has 0 spiro atoms. The Labute approximate surface area is 154 Å². The summed E-state index contributed by atoms with van der Waals surface area (Å²) in [4.78, 5) is 12.4. The van der Waals surface area contributed by atoms with Gasteiger partial charge in [0.1, 0.15) is 5.76 Å². The third-order valence-electron chi connectivity index (χ3n) is 4.19. The topological polar surface area (TPSA) is 92.5 Å². The quantitative estimate of drug-likeness (QED) is 0.761. The molecule has 142 valence electrons. The SMILES string of the molecule is CCCCN(C)S(=O)(=O)c1ccc(NC(=O)Cc2c(C)noc2C)cc1. The van der Waals surface area contributed by atoms with Crippen molar-refractivity contribution in [2.45, 2.75) is 44.9 Å². The van der Waals surface area contributed by atoms with Crippen LogP contribution in [0.15, 0.2) is 33.7 Å². The van der Waals surface area contributed by atoms with Crippen LogP contribution in [-0.2, 0) is 21.2 Å². The number of sulfonamides is 1. The lowest BCUT2D eigenvalue weighted by atomic mass is 10.1. The lowest BCUT2D eigenvalue weighted by molar-refractivity contribution is -0.115. The molecule has 0 aliphatic heterocycles. The van der Waals surface area contributed by atoms with E-state index >= 15 is 0 Å². The van der Waals surface area contributed by atoms with Crippen LogP contribution < -0.4 is 5.32 Å². The minimum atomic E-state index is -3.51. The molecular weight excluding hydrogens is 354 g/mol. The van der Waals surface area contributed by atoms with Crippen LogP contribution in [0.2, 0.25) is 0 Å². The highest BCUT2D eigenvalue weighted by molar-refractivity contribution is 7.89. The zero-order valence-corrected chi connectivity index (χ0v) is 16.4. The third-order valence-corrected chi connectivity index (χ3v) is 6.06. The Morgan fingerprint density at radius 1 is 1.23 bits per heavy atom. The van der Waals surface area contributed by atoms with Gasteiger partial charge in [-0.2, -0.15) is 0 Å². The van der Waals surface area contributed by atoms with Crippen molar-refractivity contribution in [3.8, 4) is 0 Å². The molecule has 0 saturated carbocycles. The van der Waals surface area contributed by atoms with Crippen LogP contribution in [0.25, 0.3) is 0 Å². The van der Waals surface area contributed by atoms with E-state index in [0.717, 1.165) is 18.4 Å². The molecule has 26 heavy (non-hydrogen) atoms. The van der Waals surface area contributed by atoms with E-state index < -0.39 is 10.0 Å². The Kier molecular flexibility index (Phi) is 6.55. The molecule has 1 aromatic heterocycles. The zero-order valence-electron chi connectivity index (χ0n) is 15.6. The molecule has 0 atom stereocenters. The summed E-state index contributed by atoms with van der Waals surface area (Å²) in [5.74, 6) is 0.407. The molecule has 2 rings (SSSR count). The van der Waals surface area contributed by atoms with E-state index in [9.17, 15) is 13.2 Å². The summed E-state index contributed by atoms with van der Waals surface area (Å²) < 4.78 is 31.4. The molecule has 8 heteroatoms. The van der Waals surface area contributed by atoms with Crippen LogP contribution in [0.1, 0.15) is 36.8 Å².